The maximum absolute atomic E-state index is 12.0. The van der Waals surface area contributed by atoms with Gasteiger partial charge in [0, 0.05) is 18.8 Å². The number of aryl methyl sites for hydroxylation is 1. The van der Waals surface area contributed by atoms with Gasteiger partial charge in [-0.3, -0.25) is 4.79 Å². The molecule has 0 fully saturated rings. The summed E-state index contributed by atoms with van der Waals surface area (Å²) in [6, 6.07) is 7.73. The lowest BCUT2D eigenvalue weighted by atomic mass is 10.1. The van der Waals surface area contributed by atoms with Gasteiger partial charge in [-0.15, -0.1) is 0 Å². The van der Waals surface area contributed by atoms with E-state index in [0.29, 0.717) is 12.8 Å². The number of nitrogens with one attached hydrogen (secondary N) is 2. The fourth-order valence-corrected chi connectivity index (χ4v) is 2.15. The largest absolute Gasteiger partial charge is 0.497 e. The highest BCUT2D eigenvalue weighted by atomic mass is 16.5. The van der Waals surface area contributed by atoms with Crippen molar-refractivity contribution < 1.29 is 9.53 Å². The summed E-state index contributed by atoms with van der Waals surface area (Å²) in [5, 5.41) is 3.00. The number of amides is 1. The van der Waals surface area contributed by atoms with Gasteiger partial charge >= 0.3 is 0 Å². The van der Waals surface area contributed by atoms with Crippen LogP contribution in [0.5, 0.6) is 5.75 Å². The van der Waals surface area contributed by atoms with Crippen molar-refractivity contribution in [3.05, 3.63) is 48.0 Å². The second-order valence-electron chi connectivity index (χ2n) is 4.85. The zero-order valence-electron chi connectivity index (χ0n) is 12.4. The Morgan fingerprint density at radius 3 is 2.71 bits per heavy atom. The van der Waals surface area contributed by atoms with Crippen LogP contribution in [0.2, 0.25) is 0 Å². The van der Waals surface area contributed by atoms with Crippen LogP contribution in [0.15, 0.2) is 36.7 Å². The van der Waals surface area contributed by atoms with E-state index in [1.54, 1.807) is 19.5 Å². The molecule has 0 spiro atoms. The lowest BCUT2D eigenvalue weighted by Gasteiger charge is -2.14. The zero-order valence-corrected chi connectivity index (χ0v) is 12.4. The molecule has 112 valence electrons. The Kier molecular flexibility index (Phi) is 5.37. The molecule has 1 aromatic heterocycles. The first kappa shape index (κ1) is 15.1. The first-order valence-electron chi connectivity index (χ1n) is 7.14. The molecule has 1 unspecified atom stereocenters. The molecule has 1 heterocycles. The van der Waals surface area contributed by atoms with E-state index in [-0.39, 0.29) is 11.9 Å². The first-order chi connectivity index (χ1) is 10.2. The van der Waals surface area contributed by atoms with Crippen LogP contribution in [-0.2, 0) is 11.2 Å². The molecule has 0 saturated heterocycles. The topological polar surface area (TPSA) is 67.0 Å². The van der Waals surface area contributed by atoms with Gasteiger partial charge in [-0.1, -0.05) is 19.1 Å². The van der Waals surface area contributed by atoms with Crippen LogP contribution in [0.4, 0.5) is 0 Å². The molecule has 0 radical (unpaired) electrons. The molecule has 21 heavy (non-hydrogen) atoms. The van der Waals surface area contributed by atoms with E-state index in [1.807, 2.05) is 31.2 Å². The van der Waals surface area contributed by atoms with E-state index >= 15 is 0 Å². The average Bonchev–Trinajstić information content (AvgIpc) is 3.05. The van der Waals surface area contributed by atoms with E-state index in [0.717, 1.165) is 23.6 Å². The lowest BCUT2D eigenvalue weighted by Crippen LogP contribution is -2.29. The normalized spacial score (nSPS) is 11.9. The number of benzene rings is 1. The number of hydrogen-bond donors (Lipinski definition) is 2. The van der Waals surface area contributed by atoms with E-state index in [2.05, 4.69) is 15.3 Å². The molecule has 0 aliphatic carbocycles. The summed E-state index contributed by atoms with van der Waals surface area (Å²) in [6.07, 6.45) is 5.44. The highest BCUT2D eigenvalue weighted by Gasteiger charge is 2.14. The Morgan fingerprint density at radius 1 is 1.38 bits per heavy atom. The fourth-order valence-electron chi connectivity index (χ4n) is 2.15. The molecular weight excluding hydrogens is 266 g/mol. The third kappa shape index (κ3) is 4.34. The van der Waals surface area contributed by atoms with Crippen LogP contribution < -0.4 is 10.1 Å². The van der Waals surface area contributed by atoms with Crippen LogP contribution in [0.1, 0.15) is 37.2 Å². The molecule has 0 bridgehead atoms. The van der Waals surface area contributed by atoms with Gasteiger partial charge in [-0.25, -0.2) is 4.98 Å². The highest BCUT2D eigenvalue weighted by molar-refractivity contribution is 5.76. The molecule has 5 nitrogen and oxygen atoms in total. The Hall–Kier alpha value is -2.30. The van der Waals surface area contributed by atoms with Crippen molar-refractivity contribution >= 4 is 5.91 Å². The Bertz CT molecular complexity index is 549. The number of methoxy groups -OCH3 is 1. The predicted molar refractivity (Wildman–Crippen MR) is 81.1 cm³/mol. The summed E-state index contributed by atoms with van der Waals surface area (Å²) in [5.74, 6) is 1.66. The summed E-state index contributed by atoms with van der Waals surface area (Å²) in [6.45, 7) is 2.02. The average molecular weight is 287 g/mol. The molecule has 0 aliphatic heterocycles. The van der Waals surface area contributed by atoms with Gasteiger partial charge in [0.2, 0.25) is 5.91 Å². The van der Waals surface area contributed by atoms with Crippen molar-refractivity contribution in [1.29, 1.82) is 0 Å². The van der Waals surface area contributed by atoms with E-state index in [9.17, 15) is 4.79 Å². The molecule has 0 saturated carbocycles. The maximum Gasteiger partial charge on any atom is 0.220 e. The van der Waals surface area contributed by atoms with E-state index in [1.165, 1.54) is 0 Å². The van der Waals surface area contributed by atoms with Crippen LogP contribution in [0.25, 0.3) is 0 Å². The SMILES string of the molecule is CCC(NC(=O)CCc1ccc(OC)cc1)c1ncc[nH]1. The molecule has 0 aliphatic rings. The monoisotopic (exact) mass is 287 g/mol. The second kappa shape index (κ2) is 7.47. The van der Waals surface area contributed by atoms with Gasteiger partial charge in [-0.05, 0) is 30.5 Å². The molecule has 1 amide bonds. The van der Waals surface area contributed by atoms with Crippen LogP contribution >= 0.6 is 0 Å². The summed E-state index contributed by atoms with van der Waals surface area (Å²) in [7, 11) is 1.64. The second-order valence-corrected chi connectivity index (χ2v) is 4.85. The highest BCUT2D eigenvalue weighted by Crippen LogP contribution is 2.14. The lowest BCUT2D eigenvalue weighted by molar-refractivity contribution is -0.121. The minimum absolute atomic E-state index is 0.0362. The van der Waals surface area contributed by atoms with Crippen molar-refractivity contribution in [1.82, 2.24) is 15.3 Å². The van der Waals surface area contributed by atoms with Crippen LogP contribution in [0.3, 0.4) is 0 Å². The fraction of sp³-hybridized carbons (Fsp3) is 0.375. The van der Waals surface area contributed by atoms with E-state index in [4.69, 9.17) is 4.74 Å². The first-order valence-corrected chi connectivity index (χ1v) is 7.14. The number of H-pyrrole nitrogens is 1. The number of nitrogens with zero attached hydrogens (tertiary/aromatic N) is 1. The van der Waals surface area contributed by atoms with Crippen molar-refractivity contribution in [2.45, 2.75) is 32.2 Å². The van der Waals surface area contributed by atoms with Gasteiger partial charge in [-0.2, -0.15) is 0 Å². The molecule has 5 heteroatoms. The van der Waals surface area contributed by atoms with Gasteiger partial charge in [0.25, 0.3) is 0 Å². The minimum atomic E-state index is -0.0524. The molecule has 2 rings (SSSR count). The Balaban J connectivity index is 1.83. The van der Waals surface area contributed by atoms with E-state index < -0.39 is 0 Å². The van der Waals surface area contributed by atoms with Gasteiger partial charge in [0.05, 0.1) is 13.2 Å². The Morgan fingerprint density at radius 2 is 2.14 bits per heavy atom. The summed E-state index contributed by atoms with van der Waals surface area (Å²) in [4.78, 5) is 19.3. The smallest absolute Gasteiger partial charge is 0.220 e. The zero-order chi connectivity index (χ0) is 15.1. The number of carbonyl (C=O) groups is 1. The van der Waals surface area contributed by atoms with Gasteiger partial charge in [0.1, 0.15) is 11.6 Å². The van der Waals surface area contributed by atoms with Crippen molar-refractivity contribution in [3.63, 3.8) is 0 Å². The number of ether oxygens (including phenoxy) is 1. The number of aromatic amines is 1. The quantitative estimate of drug-likeness (QED) is 0.822. The number of rotatable bonds is 7. The molecule has 2 N–H and O–H groups in total. The predicted octanol–water partition coefficient (Wildman–Crippen LogP) is 2.62. The van der Waals surface area contributed by atoms with Crippen molar-refractivity contribution in [2.24, 2.45) is 0 Å². The number of hydrogen-bond acceptors (Lipinski definition) is 3. The number of imidazole rings is 1. The van der Waals surface area contributed by atoms with Crippen molar-refractivity contribution in [2.75, 3.05) is 7.11 Å². The van der Waals surface area contributed by atoms with Gasteiger partial charge in [0.15, 0.2) is 0 Å². The van der Waals surface area contributed by atoms with Crippen LogP contribution in [0, 0.1) is 0 Å². The maximum atomic E-state index is 12.0. The third-order valence-electron chi connectivity index (χ3n) is 3.39. The molecule has 2 aromatic rings. The minimum Gasteiger partial charge on any atom is -0.497 e. The standard InChI is InChI=1S/C16H21N3O2/c1-3-14(16-17-10-11-18-16)19-15(20)9-6-12-4-7-13(21-2)8-5-12/h4-5,7-8,10-11,14H,3,6,9H2,1-2H3,(H,17,18)(H,19,20). The number of aromatic nitrogens is 2. The summed E-state index contributed by atoms with van der Waals surface area (Å²) >= 11 is 0. The summed E-state index contributed by atoms with van der Waals surface area (Å²) in [5.41, 5.74) is 1.12. The van der Waals surface area contributed by atoms with Crippen LogP contribution in [-0.4, -0.2) is 23.0 Å². The number of carbonyl (C=O) groups excluding carboxylic acids is 1. The molecule has 1 atom stereocenters. The third-order valence-corrected chi connectivity index (χ3v) is 3.39. The van der Waals surface area contributed by atoms with Gasteiger partial charge < -0.3 is 15.0 Å². The molecular formula is C16H21N3O2. The Labute approximate surface area is 124 Å². The summed E-state index contributed by atoms with van der Waals surface area (Å²) < 4.78 is 5.11. The molecule has 1 aromatic carbocycles. The van der Waals surface area contributed by atoms with Crippen molar-refractivity contribution in [3.8, 4) is 5.75 Å².